The molecule has 1 aromatic rings. The van der Waals surface area contributed by atoms with Crippen LogP contribution in [0.5, 0.6) is 0 Å². The third-order valence-electron chi connectivity index (χ3n) is 1.35. The summed E-state index contributed by atoms with van der Waals surface area (Å²) >= 11 is 0. The van der Waals surface area contributed by atoms with E-state index in [1.54, 1.807) is 12.1 Å². The lowest BCUT2D eigenvalue weighted by Gasteiger charge is -1.96. The van der Waals surface area contributed by atoms with Gasteiger partial charge in [0.15, 0.2) is 0 Å². The number of aryl methyl sites for hydroxylation is 1. The van der Waals surface area contributed by atoms with Crippen molar-refractivity contribution < 1.29 is 19.4 Å². The molecule has 0 aliphatic rings. The molecule has 76 valence electrons. The van der Waals surface area contributed by atoms with Gasteiger partial charge in [0.2, 0.25) is 10.0 Å². The molecule has 13 heavy (non-hydrogen) atoms. The molecule has 0 saturated carbocycles. The predicted octanol–water partition coefficient (Wildman–Crippen LogP) is -1.01. The zero-order valence-corrected chi connectivity index (χ0v) is 7.93. The summed E-state index contributed by atoms with van der Waals surface area (Å²) in [5.41, 5.74) is 1.01. The van der Waals surface area contributed by atoms with Crippen LogP contribution >= 0.6 is 0 Å². The molecule has 0 saturated heterocycles. The van der Waals surface area contributed by atoms with Gasteiger partial charge in [-0.25, -0.2) is 13.6 Å². The molecular weight excluding hydrogens is 194 g/mol. The van der Waals surface area contributed by atoms with Crippen LogP contribution in [0.2, 0.25) is 0 Å². The van der Waals surface area contributed by atoms with E-state index in [9.17, 15) is 8.42 Å². The Bertz CT molecular complexity index is 343. The van der Waals surface area contributed by atoms with Crippen molar-refractivity contribution in [1.29, 1.82) is 0 Å². The summed E-state index contributed by atoms with van der Waals surface area (Å²) in [5, 5.41) is 4.88. The minimum absolute atomic E-state index is 0. The number of rotatable bonds is 1. The Hall–Kier alpha value is -0.950. The molecule has 0 bridgehead atoms. The van der Waals surface area contributed by atoms with Gasteiger partial charge >= 0.3 is 0 Å². The summed E-state index contributed by atoms with van der Waals surface area (Å²) in [5.74, 6) is 0. The maximum atomic E-state index is 10.7. The maximum absolute atomic E-state index is 10.7. The molecule has 0 aromatic heterocycles. The van der Waals surface area contributed by atoms with Crippen LogP contribution in [0.4, 0.5) is 0 Å². The van der Waals surface area contributed by atoms with Crippen LogP contribution < -0.4 is 5.14 Å². The van der Waals surface area contributed by atoms with Gasteiger partial charge in [0.1, 0.15) is 0 Å². The molecule has 6 heteroatoms. The van der Waals surface area contributed by atoms with E-state index in [0.29, 0.717) is 0 Å². The van der Waals surface area contributed by atoms with Gasteiger partial charge in [-0.2, -0.15) is 0 Å². The number of hydrogen-bond acceptors (Lipinski definition) is 2. The van der Waals surface area contributed by atoms with Crippen molar-refractivity contribution in [3.05, 3.63) is 29.8 Å². The highest BCUT2D eigenvalue weighted by atomic mass is 32.2. The lowest BCUT2D eigenvalue weighted by atomic mass is 10.2. The summed E-state index contributed by atoms with van der Waals surface area (Å²) in [4.78, 5) is 0.156. The van der Waals surface area contributed by atoms with Gasteiger partial charge in [0.05, 0.1) is 4.90 Å². The fourth-order valence-corrected chi connectivity index (χ4v) is 1.24. The van der Waals surface area contributed by atoms with Crippen LogP contribution in [0.25, 0.3) is 0 Å². The number of sulfonamides is 1. The van der Waals surface area contributed by atoms with E-state index in [0.717, 1.165) is 5.56 Å². The van der Waals surface area contributed by atoms with Gasteiger partial charge in [-0.1, -0.05) is 17.7 Å². The fourth-order valence-electron chi connectivity index (χ4n) is 0.728. The van der Waals surface area contributed by atoms with Crippen LogP contribution in [-0.4, -0.2) is 19.4 Å². The molecule has 0 aliphatic heterocycles. The number of primary sulfonamides is 1. The average molecular weight is 207 g/mol. The van der Waals surface area contributed by atoms with Crippen molar-refractivity contribution >= 4 is 10.0 Å². The van der Waals surface area contributed by atoms with Crippen LogP contribution in [-0.2, 0) is 10.0 Å². The van der Waals surface area contributed by atoms with Gasteiger partial charge in [0.25, 0.3) is 0 Å². The standard InChI is InChI=1S/C7H9NO2S.2H2O/c1-6-2-4-7(5-3-6)11(8,9)10;;/h2-5H,1H3,(H2,8,9,10);2*1H2. The minimum atomic E-state index is -3.52. The highest BCUT2D eigenvalue weighted by Crippen LogP contribution is 2.06. The quantitative estimate of drug-likeness (QED) is 0.634. The Labute approximate surface area is 76.9 Å². The molecule has 0 heterocycles. The van der Waals surface area contributed by atoms with Crippen molar-refractivity contribution in [2.75, 3.05) is 0 Å². The van der Waals surface area contributed by atoms with E-state index in [2.05, 4.69) is 0 Å². The fraction of sp³-hybridized carbons (Fsp3) is 0.143. The molecule has 6 N–H and O–H groups in total. The van der Waals surface area contributed by atoms with Gasteiger partial charge in [-0.15, -0.1) is 0 Å². The largest absolute Gasteiger partial charge is 0.412 e. The van der Waals surface area contributed by atoms with Gasteiger partial charge in [0, 0.05) is 0 Å². The summed E-state index contributed by atoms with van der Waals surface area (Å²) in [6.07, 6.45) is 0. The van der Waals surface area contributed by atoms with Crippen molar-refractivity contribution in [3.63, 3.8) is 0 Å². The van der Waals surface area contributed by atoms with Crippen LogP contribution in [0.1, 0.15) is 5.56 Å². The Balaban J connectivity index is 0. The molecule has 0 aliphatic carbocycles. The van der Waals surface area contributed by atoms with Gasteiger partial charge in [-0.05, 0) is 19.1 Å². The molecule has 0 amide bonds. The molecule has 1 aromatic carbocycles. The minimum Gasteiger partial charge on any atom is -0.412 e. The maximum Gasteiger partial charge on any atom is 0.238 e. The van der Waals surface area contributed by atoms with Crippen molar-refractivity contribution in [2.45, 2.75) is 11.8 Å². The molecule has 5 nitrogen and oxygen atoms in total. The molecule has 0 atom stereocenters. The van der Waals surface area contributed by atoms with Crippen LogP contribution in [0, 0.1) is 6.92 Å². The normalized spacial score (nSPS) is 9.69. The number of nitrogens with two attached hydrogens (primary N) is 1. The first-order valence-electron chi connectivity index (χ1n) is 3.09. The summed E-state index contributed by atoms with van der Waals surface area (Å²) in [6, 6.07) is 6.40. The molecule has 0 spiro atoms. The monoisotopic (exact) mass is 207 g/mol. The Morgan fingerprint density at radius 3 is 1.77 bits per heavy atom. The van der Waals surface area contributed by atoms with E-state index in [1.165, 1.54) is 12.1 Å². The van der Waals surface area contributed by atoms with E-state index >= 15 is 0 Å². The van der Waals surface area contributed by atoms with E-state index in [4.69, 9.17) is 5.14 Å². The Kier molecular flexibility index (Phi) is 5.52. The summed E-state index contributed by atoms with van der Waals surface area (Å²) in [7, 11) is -3.52. The second kappa shape index (κ2) is 4.93. The third kappa shape index (κ3) is 4.00. The van der Waals surface area contributed by atoms with E-state index in [1.807, 2.05) is 6.92 Å². The van der Waals surface area contributed by atoms with Gasteiger partial charge in [-0.3, -0.25) is 0 Å². The lowest BCUT2D eigenvalue weighted by Crippen LogP contribution is -2.11. The van der Waals surface area contributed by atoms with Crippen molar-refractivity contribution in [3.8, 4) is 0 Å². The van der Waals surface area contributed by atoms with Crippen LogP contribution in [0.15, 0.2) is 29.2 Å². The number of benzene rings is 1. The summed E-state index contributed by atoms with van der Waals surface area (Å²) in [6.45, 7) is 1.88. The zero-order valence-electron chi connectivity index (χ0n) is 7.11. The molecule has 1 rings (SSSR count). The first-order chi connectivity index (χ1) is 5.00. The third-order valence-corrected chi connectivity index (χ3v) is 2.28. The smallest absolute Gasteiger partial charge is 0.238 e. The zero-order chi connectivity index (χ0) is 8.48. The second-order valence-electron chi connectivity index (χ2n) is 2.36. The summed E-state index contributed by atoms with van der Waals surface area (Å²) < 4.78 is 21.4. The second-order valence-corrected chi connectivity index (χ2v) is 3.92. The Morgan fingerprint density at radius 1 is 1.08 bits per heavy atom. The topological polar surface area (TPSA) is 123 Å². The SMILES string of the molecule is Cc1ccc(S(N)(=O)=O)cc1.O.O. The molecular formula is C7H13NO4S. The average Bonchev–Trinajstić information content (AvgIpc) is 1.86. The lowest BCUT2D eigenvalue weighted by molar-refractivity contribution is 0.598. The number of hydrogen-bond donors (Lipinski definition) is 1. The first kappa shape index (κ1) is 14.6. The van der Waals surface area contributed by atoms with E-state index < -0.39 is 10.0 Å². The van der Waals surface area contributed by atoms with Crippen molar-refractivity contribution in [1.82, 2.24) is 0 Å². The predicted molar refractivity (Wildman–Crippen MR) is 49.8 cm³/mol. The molecule has 0 radical (unpaired) electrons. The molecule has 0 fully saturated rings. The highest BCUT2D eigenvalue weighted by molar-refractivity contribution is 7.89. The van der Waals surface area contributed by atoms with Crippen LogP contribution in [0.3, 0.4) is 0 Å². The highest BCUT2D eigenvalue weighted by Gasteiger charge is 2.04. The van der Waals surface area contributed by atoms with Gasteiger partial charge < -0.3 is 11.0 Å². The molecule has 0 unspecified atom stereocenters. The van der Waals surface area contributed by atoms with E-state index in [-0.39, 0.29) is 15.8 Å². The Morgan fingerprint density at radius 2 is 1.46 bits per heavy atom. The first-order valence-corrected chi connectivity index (χ1v) is 4.64. The van der Waals surface area contributed by atoms with Crippen molar-refractivity contribution in [2.24, 2.45) is 5.14 Å².